The van der Waals surface area contributed by atoms with Crippen molar-refractivity contribution >= 4 is 35.2 Å². The Balaban J connectivity index is 1.39. The van der Waals surface area contributed by atoms with Crippen LogP contribution in [0, 0.1) is 0 Å². The molecule has 0 aromatic heterocycles. The van der Waals surface area contributed by atoms with E-state index in [4.69, 9.17) is 0 Å². The van der Waals surface area contributed by atoms with Crippen molar-refractivity contribution in [2.45, 2.75) is 13.3 Å². The summed E-state index contributed by atoms with van der Waals surface area (Å²) in [4.78, 5) is 43.6. The third-order valence-electron chi connectivity index (χ3n) is 5.72. The Kier molecular flexibility index (Phi) is 9.17. The minimum absolute atomic E-state index is 0.0411. The maximum absolute atomic E-state index is 12.6. The van der Waals surface area contributed by atoms with Crippen LogP contribution < -0.4 is 10.6 Å². The fourth-order valence-electron chi connectivity index (χ4n) is 3.78. The van der Waals surface area contributed by atoms with Crippen molar-refractivity contribution in [3.63, 3.8) is 0 Å². The summed E-state index contributed by atoms with van der Waals surface area (Å²) in [7, 11) is 0. The van der Waals surface area contributed by atoms with Gasteiger partial charge in [-0.25, -0.2) is 0 Å². The molecule has 1 aromatic rings. The Morgan fingerprint density at radius 1 is 0.968 bits per heavy atom. The van der Waals surface area contributed by atoms with E-state index in [1.54, 1.807) is 24.3 Å². The van der Waals surface area contributed by atoms with E-state index >= 15 is 0 Å². The maximum Gasteiger partial charge on any atom is 0.313 e. The molecule has 0 atom stereocenters. The molecule has 0 aliphatic carbocycles. The average Bonchev–Trinajstić information content (AvgIpc) is 2.82. The van der Waals surface area contributed by atoms with Crippen LogP contribution >= 0.6 is 11.8 Å². The number of anilines is 1. The molecular weight excluding hydrogens is 414 g/mol. The van der Waals surface area contributed by atoms with Gasteiger partial charge in [0.2, 0.25) is 0 Å². The minimum atomic E-state index is -0.712. The lowest BCUT2D eigenvalue weighted by Gasteiger charge is -2.33. The Hall–Kier alpha value is -2.10. The van der Waals surface area contributed by atoms with E-state index in [0.717, 1.165) is 70.3 Å². The molecule has 0 bridgehead atoms. The third kappa shape index (κ3) is 7.22. The first-order valence-corrected chi connectivity index (χ1v) is 12.2. The molecule has 2 N–H and O–H groups in total. The number of rotatable bonds is 7. The third-order valence-corrected chi connectivity index (χ3v) is 6.66. The lowest BCUT2D eigenvalue weighted by atomic mass is 10.1. The van der Waals surface area contributed by atoms with E-state index in [0.29, 0.717) is 17.8 Å². The Labute approximate surface area is 188 Å². The first-order chi connectivity index (χ1) is 15.1. The second-order valence-corrected chi connectivity index (χ2v) is 9.05. The van der Waals surface area contributed by atoms with Gasteiger partial charge < -0.3 is 25.3 Å². The Morgan fingerprint density at radius 3 is 2.39 bits per heavy atom. The molecule has 170 valence electrons. The van der Waals surface area contributed by atoms with Crippen LogP contribution in [0.5, 0.6) is 0 Å². The lowest BCUT2D eigenvalue weighted by Crippen LogP contribution is -2.46. The van der Waals surface area contributed by atoms with Crippen LogP contribution in [0.15, 0.2) is 24.3 Å². The number of nitrogens with zero attached hydrogens (tertiary/aromatic N) is 3. The molecule has 2 heterocycles. The molecule has 3 rings (SSSR count). The number of benzene rings is 1. The largest absolute Gasteiger partial charge is 0.348 e. The minimum Gasteiger partial charge on any atom is -0.348 e. The highest BCUT2D eigenvalue weighted by molar-refractivity contribution is 7.99. The predicted octanol–water partition coefficient (Wildman–Crippen LogP) is 0.958. The fourth-order valence-corrected chi connectivity index (χ4v) is 4.68. The molecular formula is C22H33N5O3S. The molecule has 31 heavy (non-hydrogen) atoms. The molecule has 2 aliphatic heterocycles. The summed E-state index contributed by atoms with van der Waals surface area (Å²) >= 11 is 1.84. The maximum atomic E-state index is 12.6. The van der Waals surface area contributed by atoms with Crippen molar-refractivity contribution < 1.29 is 14.4 Å². The van der Waals surface area contributed by atoms with Crippen LogP contribution in [-0.4, -0.2) is 103 Å². The predicted molar refractivity (Wildman–Crippen MR) is 124 cm³/mol. The van der Waals surface area contributed by atoms with Gasteiger partial charge in [-0.1, -0.05) is 13.0 Å². The molecule has 3 amide bonds. The standard InChI is InChI=1S/C22H33N5O3S/c1-2-25-9-11-26(12-10-25)8-4-7-23-20(28)21(29)24-19-6-3-5-18(17-19)22(30)27-13-15-31-16-14-27/h3,5-6,17H,2,4,7-16H2,1H3,(H,23,28)(H,24,29). The normalized spacial score (nSPS) is 17.9. The van der Waals surface area contributed by atoms with Gasteiger partial charge in [0.05, 0.1) is 0 Å². The number of nitrogens with one attached hydrogen (secondary N) is 2. The van der Waals surface area contributed by atoms with E-state index in [9.17, 15) is 14.4 Å². The lowest BCUT2D eigenvalue weighted by molar-refractivity contribution is -0.136. The molecule has 2 saturated heterocycles. The summed E-state index contributed by atoms with van der Waals surface area (Å²) in [5.41, 5.74) is 0.972. The molecule has 0 unspecified atom stereocenters. The topological polar surface area (TPSA) is 85.0 Å². The van der Waals surface area contributed by atoms with E-state index in [-0.39, 0.29) is 5.91 Å². The smallest absolute Gasteiger partial charge is 0.313 e. The van der Waals surface area contributed by atoms with Crippen molar-refractivity contribution in [1.29, 1.82) is 0 Å². The first kappa shape index (κ1) is 23.6. The van der Waals surface area contributed by atoms with Crippen LogP contribution in [0.4, 0.5) is 5.69 Å². The zero-order chi connectivity index (χ0) is 22.1. The van der Waals surface area contributed by atoms with Gasteiger partial charge in [-0.3, -0.25) is 14.4 Å². The van der Waals surface area contributed by atoms with Gasteiger partial charge >= 0.3 is 11.8 Å². The van der Waals surface area contributed by atoms with Crippen LogP contribution in [0.2, 0.25) is 0 Å². The molecule has 0 saturated carbocycles. The van der Waals surface area contributed by atoms with Gasteiger partial charge in [-0.2, -0.15) is 11.8 Å². The molecule has 1 aromatic carbocycles. The number of hydrogen-bond acceptors (Lipinski definition) is 6. The van der Waals surface area contributed by atoms with Crippen molar-refractivity contribution in [3.05, 3.63) is 29.8 Å². The monoisotopic (exact) mass is 447 g/mol. The van der Waals surface area contributed by atoms with Crippen LogP contribution in [0.25, 0.3) is 0 Å². The van der Waals surface area contributed by atoms with Gasteiger partial charge in [-0.05, 0) is 37.7 Å². The Bertz CT molecular complexity index is 761. The summed E-state index contributed by atoms with van der Waals surface area (Å²) in [5.74, 6) is 0.478. The summed E-state index contributed by atoms with van der Waals surface area (Å²) in [6.07, 6.45) is 0.809. The van der Waals surface area contributed by atoms with Gasteiger partial charge in [0, 0.05) is 68.6 Å². The molecule has 8 nitrogen and oxygen atoms in total. The van der Waals surface area contributed by atoms with Crippen LogP contribution in [0.1, 0.15) is 23.7 Å². The average molecular weight is 448 g/mol. The Morgan fingerprint density at radius 2 is 1.68 bits per heavy atom. The number of carbonyl (C=O) groups excluding carboxylic acids is 3. The van der Waals surface area contributed by atoms with Gasteiger partial charge in [0.1, 0.15) is 0 Å². The van der Waals surface area contributed by atoms with Crippen LogP contribution in [-0.2, 0) is 9.59 Å². The highest BCUT2D eigenvalue weighted by Crippen LogP contribution is 2.16. The summed E-state index contributed by atoms with van der Waals surface area (Å²) in [6, 6.07) is 6.77. The second kappa shape index (κ2) is 12.1. The zero-order valence-corrected chi connectivity index (χ0v) is 19.1. The number of piperazine rings is 1. The van der Waals surface area contributed by atoms with Crippen molar-refractivity contribution in [3.8, 4) is 0 Å². The van der Waals surface area contributed by atoms with Gasteiger partial charge in [0.25, 0.3) is 5.91 Å². The number of hydrogen-bond donors (Lipinski definition) is 2. The van der Waals surface area contributed by atoms with E-state index in [1.165, 1.54) is 0 Å². The zero-order valence-electron chi connectivity index (χ0n) is 18.3. The summed E-state index contributed by atoms with van der Waals surface area (Å²) < 4.78 is 0. The molecule has 2 fully saturated rings. The molecule has 0 radical (unpaired) electrons. The highest BCUT2D eigenvalue weighted by Gasteiger charge is 2.20. The van der Waals surface area contributed by atoms with Gasteiger partial charge in [-0.15, -0.1) is 0 Å². The van der Waals surface area contributed by atoms with E-state index in [1.807, 2.05) is 16.7 Å². The second-order valence-electron chi connectivity index (χ2n) is 7.82. The van der Waals surface area contributed by atoms with Gasteiger partial charge in [0.15, 0.2) is 0 Å². The number of amides is 3. The van der Waals surface area contributed by atoms with Crippen LogP contribution in [0.3, 0.4) is 0 Å². The summed E-state index contributed by atoms with van der Waals surface area (Å²) in [5, 5.41) is 5.29. The SMILES string of the molecule is CCN1CCN(CCCNC(=O)C(=O)Nc2cccc(C(=O)N3CCSCC3)c2)CC1. The number of thioether (sulfide) groups is 1. The number of carbonyl (C=O) groups is 3. The highest BCUT2D eigenvalue weighted by atomic mass is 32.2. The first-order valence-electron chi connectivity index (χ1n) is 11.1. The van der Waals surface area contributed by atoms with Crippen molar-refractivity contribution in [1.82, 2.24) is 20.0 Å². The molecule has 0 spiro atoms. The number of likely N-dealkylation sites (N-methyl/N-ethyl adjacent to an activating group) is 1. The molecule has 9 heteroatoms. The molecule has 2 aliphatic rings. The summed E-state index contributed by atoms with van der Waals surface area (Å²) in [6.45, 7) is 10.4. The van der Waals surface area contributed by atoms with E-state index in [2.05, 4.69) is 27.4 Å². The van der Waals surface area contributed by atoms with Crippen molar-refractivity contribution in [2.75, 3.05) is 75.7 Å². The van der Waals surface area contributed by atoms with Crippen molar-refractivity contribution in [2.24, 2.45) is 0 Å². The quantitative estimate of drug-likeness (QED) is 0.478. The fraction of sp³-hybridized carbons (Fsp3) is 0.591. The van der Waals surface area contributed by atoms with E-state index < -0.39 is 11.8 Å².